The molecule has 21 heavy (non-hydrogen) atoms. The van der Waals surface area contributed by atoms with Gasteiger partial charge in [0.1, 0.15) is 5.75 Å². The van der Waals surface area contributed by atoms with E-state index in [0.717, 1.165) is 41.3 Å². The first kappa shape index (κ1) is 14.7. The average molecular weight is 289 g/mol. The van der Waals surface area contributed by atoms with E-state index in [4.69, 9.17) is 4.74 Å². The van der Waals surface area contributed by atoms with Crippen LogP contribution in [-0.2, 0) is 0 Å². The van der Waals surface area contributed by atoms with Crippen molar-refractivity contribution >= 4 is 5.69 Å². The smallest absolute Gasteiger partial charge is 0.126 e. The fraction of sp³-hybridized carbons (Fsp3) is 0.667. The molecule has 0 amide bonds. The molecule has 3 rings (SSSR count). The standard InChI is InChI=1S/C18H27NO2/c1-12(20)18-16(5-4-6-17(18)21-3)19(2)11-15-10-13-7-8-14(15)9-13/h4-6,12-15,20H,7-11H2,1-3H3/t12-,13?,14?,15?/m1/s1. The van der Waals surface area contributed by atoms with E-state index in [1.54, 1.807) is 7.11 Å². The molecule has 116 valence electrons. The van der Waals surface area contributed by atoms with Crippen LogP contribution in [0.5, 0.6) is 5.75 Å². The number of nitrogens with zero attached hydrogens (tertiary/aromatic N) is 1. The third kappa shape index (κ3) is 2.76. The largest absolute Gasteiger partial charge is 0.496 e. The molecule has 1 N–H and O–H groups in total. The molecule has 0 aromatic heterocycles. The molecular weight excluding hydrogens is 262 g/mol. The van der Waals surface area contributed by atoms with E-state index >= 15 is 0 Å². The van der Waals surface area contributed by atoms with E-state index in [1.165, 1.54) is 25.7 Å². The predicted molar refractivity (Wildman–Crippen MR) is 85.8 cm³/mol. The summed E-state index contributed by atoms with van der Waals surface area (Å²) in [6.07, 6.45) is 5.19. The van der Waals surface area contributed by atoms with Crippen LogP contribution >= 0.6 is 0 Å². The fourth-order valence-electron chi connectivity index (χ4n) is 4.51. The highest BCUT2D eigenvalue weighted by atomic mass is 16.5. The molecular formula is C18H27NO2. The zero-order valence-corrected chi connectivity index (χ0v) is 13.4. The van der Waals surface area contributed by atoms with Crippen LogP contribution in [0.1, 0.15) is 44.3 Å². The minimum absolute atomic E-state index is 0.515. The van der Waals surface area contributed by atoms with Crippen molar-refractivity contribution < 1.29 is 9.84 Å². The summed E-state index contributed by atoms with van der Waals surface area (Å²) < 4.78 is 5.43. The van der Waals surface area contributed by atoms with Gasteiger partial charge in [0.05, 0.1) is 13.2 Å². The maximum Gasteiger partial charge on any atom is 0.126 e. The van der Waals surface area contributed by atoms with E-state index in [1.807, 2.05) is 19.1 Å². The zero-order valence-electron chi connectivity index (χ0n) is 13.4. The van der Waals surface area contributed by atoms with Gasteiger partial charge in [0.2, 0.25) is 0 Å². The van der Waals surface area contributed by atoms with Gasteiger partial charge in [-0.3, -0.25) is 0 Å². The lowest BCUT2D eigenvalue weighted by Crippen LogP contribution is -2.29. The molecule has 2 saturated carbocycles. The fourth-order valence-corrected chi connectivity index (χ4v) is 4.51. The molecule has 2 fully saturated rings. The normalized spacial score (nSPS) is 28.7. The maximum atomic E-state index is 10.1. The van der Waals surface area contributed by atoms with Gasteiger partial charge in [0.25, 0.3) is 0 Å². The number of hydrogen-bond donors (Lipinski definition) is 1. The highest BCUT2D eigenvalue weighted by Gasteiger charge is 2.39. The highest BCUT2D eigenvalue weighted by Crippen LogP contribution is 2.49. The SMILES string of the molecule is COc1cccc(N(C)CC2CC3CCC2C3)c1[C@@H](C)O. The molecule has 0 aliphatic heterocycles. The first-order chi connectivity index (χ1) is 10.1. The Kier molecular flexibility index (Phi) is 4.12. The number of rotatable bonds is 5. The van der Waals surface area contributed by atoms with Crippen molar-refractivity contribution in [1.29, 1.82) is 0 Å². The maximum absolute atomic E-state index is 10.1. The van der Waals surface area contributed by atoms with Crippen LogP contribution in [0.25, 0.3) is 0 Å². The van der Waals surface area contributed by atoms with Gasteiger partial charge in [0.15, 0.2) is 0 Å². The van der Waals surface area contributed by atoms with Crippen molar-refractivity contribution in [2.45, 2.75) is 38.7 Å². The summed E-state index contributed by atoms with van der Waals surface area (Å²) in [6, 6.07) is 6.03. The zero-order chi connectivity index (χ0) is 15.0. The number of methoxy groups -OCH3 is 1. The lowest BCUT2D eigenvalue weighted by Gasteiger charge is -2.31. The lowest BCUT2D eigenvalue weighted by atomic mass is 9.88. The van der Waals surface area contributed by atoms with Crippen molar-refractivity contribution in [2.24, 2.45) is 17.8 Å². The molecule has 2 bridgehead atoms. The molecule has 0 saturated heterocycles. The van der Waals surface area contributed by atoms with Crippen molar-refractivity contribution in [3.63, 3.8) is 0 Å². The van der Waals surface area contributed by atoms with Crippen LogP contribution in [-0.4, -0.2) is 25.8 Å². The molecule has 3 unspecified atom stereocenters. The number of ether oxygens (including phenoxy) is 1. The summed E-state index contributed by atoms with van der Waals surface area (Å²) in [6.45, 7) is 2.90. The van der Waals surface area contributed by atoms with Gasteiger partial charge in [-0.25, -0.2) is 0 Å². The average Bonchev–Trinajstić information content (AvgIpc) is 3.08. The van der Waals surface area contributed by atoms with Crippen LogP contribution < -0.4 is 9.64 Å². The Morgan fingerprint density at radius 3 is 2.71 bits per heavy atom. The predicted octanol–water partition coefficient (Wildman–Crippen LogP) is 3.62. The van der Waals surface area contributed by atoms with Crippen molar-refractivity contribution in [2.75, 3.05) is 25.6 Å². The van der Waals surface area contributed by atoms with Crippen molar-refractivity contribution in [3.05, 3.63) is 23.8 Å². The molecule has 0 spiro atoms. The summed E-state index contributed by atoms with van der Waals surface area (Å²) in [7, 11) is 3.81. The first-order valence-electron chi connectivity index (χ1n) is 8.16. The van der Waals surface area contributed by atoms with Crippen LogP contribution in [0.15, 0.2) is 18.2 Å². The van der Waals surface area contributed by atoms with Crippen LogP contribution in [0.3, 0.4) is 0 Å². The molecule has 3 nitrogen and oxygen atoms in total. The van der Waals surface area contributed by atoms with Gasteiger partial charge in [-0.1, -0.05) is 12.5 Å². The molecule has 1 aromatic rings. The van der Waals surface area contributed by atoms with Gasteiger partial charge >= 0.3 is 0 Å². The minimum Gasteiger partial charge on any atom is -0.496 e. The number of hydrogen-bond acceptors (Lipinski definition) is 3. The second-order valence-electron chi connectivity index (χ2n) is 6.88. The summed E-state index contributed by atoms with van der Waals surface area (Å²) in [5.41, 5.74) is 2.01. The molecule has 0 heterocycles. The Morgan fingerprint density at radius 2 is 2.14 bits per heavy atom. The van der Waals surface area contributed by atoms with E-state index < -0.39 is 6.10 Å². The summed E-state index contributed by atoms with van der Waals surface area (Å²) in [5.74, 6) is 3.51. The van der Waals surface area contributed by atoms with Crippen LogP contribution in [0, 0.1) is 17.8 Å². The van der Waals surface area contributed by atoms with E-state index in [2.05, 4.69) is 18.0 Å². The number of benzene rings is 1. The quantitative estimate of drug-likeness (QED) is 0.898. The Labute approximate surface area is 127 Å². The third-order valence-electron chi connectivity index (χ3n) is 5.48. The summed E-state index contributed by atoms with van der Waals surface area (Å²) >= 11 is 0. The summed E-state index contributed by atoms with van der Waals surface area (Å²) in [5, 5.41) is 10.1. The first-order valence-corrected chi connectivity index (χ1v) is 8.16. The second-order valence-corrected chi connectivity index (χ2v) is 6.88. The van der Waals surface area contributed by atoms with Gasteiger partial charge in [-0.2, -0.15) is 0 Å². The van der Waals surface area contributed by atoms with E-state index in [-0.39, 0.29) is 0 Å². The Morgan fingerprint density at radius 1 is 1.33 bits per heavy atom. The van der Waals surface area contributed by atoms with Gasteiger partial charge in [-0.15, -0.1) is 0 Å². The lowest BCUT2D eigenvalue weighted by molar-refractivity contribution is 0.194. The van der Waals surface area contributed by atoms with E-state index in [9.17, 15) is 5.11 Å². The Balaban J connectivity index is 1.79. The highest BCUT2D eigenvalue weighted by molar-refractivity contribution is 5.60. The number of aliphatic hydroxyl groups excluding tert-OH is 1. The number of aliphatic hydroxyl groups is 1. The monoisotopic (exact) mass is 289 g/mol. The van der Waals surface area contributed by atoms with Crippen molar-refractivity contribution in [3.8, 4) is 5.75 Å². The second kappa shape index (κ2) is 5.88. The molecule has 0 radical (unpaired) electrons. The minimum atomic E-state index is -0.515. The van der Waals surface area contributed by atoms with E-state index in [0.29, 0.717) is 0 Å². The van der Waals surface area contributed by atoms with Crippen LogP contribution in [0.4, 0.5) is 5.69 Å². The van der Waals surface area contributed by atoms with Gasteiger partial charge < -0.3 is 14.7 Å². The topological polar surface area (TPSA) is 32.7 Å². The number of fused-ring (bicyclic) bond motifs is 2. The van der Waals surface area contributed by atoms with Gasteiger partial charge in [0, 0.05) is 24.8 Å². The third-order valence-corrected chi connectivity index (χ3v) is 5.48. The molecule has 2 aliphatic rings. The molecule has 1 aromatic carbocycles. The molecule has 3 heteroatoms. The molecule has 2 aliphatic carbocycles. The van der Waals surface area contributed by atoms with Crippen molar-refractivity contribution in [1.82, 2.24) is 0 Å². The van der Waals surface area contributed by atoms with Gasteiger partial charge in [-0.05, 0) is 56.1 Å². The summed E-state index contributed by atoms with van der Waals surface area (Å²) in [4.78, 5) is 2.32. The number of anilines is 1. The Hall–Kier alpha value is -1.22. The molecule has 4 atom stereocenters. The van der Waals surface area contributed by atoms with Crippen LogP contribution in [0.2, 0.25) is 0 Å². The Bertz CT molecular complexity index is 500.